The molecule has 0 aliphatic rings. The van der Waals surface area contributed by atoms with E-state index in [-0.39, 0.29) is 17.3 Å². The number of nitrogens with zero attached hydrogens (tertiary/aromatic N) is 4. The summed E-state index contributed by atoms with van der Waals surface area (Å²) < 4.78 is 40.6. The Morgan fingerprint density at radius 3 is 2.56 bits per heavy atom. The molecule has 0 aliphatic heterocycles. The third kappa shape index (κ3) is 5.55. The molecular formula is C24H17F3N6O3. The zero-order valence-corrected chi connectivity index (χ0v) is 18.3. The van der Waals surface area contributed by atoms with E-state index < -0.39 is 23.7 Å². The Hall–Kier alpha value is -5.00. The van der Waals surface area contributed by atoms with Gasteiger partial charge in [0.25, 0.3) is 0 Å². The minimum atomic E-state index is -4.66. The number of nitrogens with two attached hydrogens (primary N) is 1. The molecule has 0 saturated carbocycles. The Labute approximate surface area is 201 Å². The molecule has 36 heavy (non-hydrogen) atoms. The van der Waals surface area contributed by atoms with E-state index in [0.717, 1.165) is 23.0 Å². The van der Waals surface area contributed by atoms with E-state index >= 15 is 0 Å². The van der Waals surface area contributed by atoms with Crippen LogP contribution in [-0.2, 0) is 11.0 Å². The van der Waals surface area contributed by atoms with E-state index in [1.165, 1.54) is 24.4 Å². The molecule has 0 unspecified atom stereocenters. The van der Waals surface area contributed by atoms with Crippen molar-refractivity contribution in [2.75, 3.05) is 5.32 Å². The number of rotatable bonds is 7. The zero-order chi connectivity index (χ0) is 25.9. The van der Waals surface area contributed by atoms with Crippen LogP contribution in [0.3, 0.4) is 0 Å². The summed E-state index contributed by atoms with van der Waals surface area (Å²) in [5.74, 6) is -1.70. The Morgan fingerprint density at radius 1 is 1.08 bits per heavy atom. The molecule has 1 amide bonds. The van der Waals surface area contributed by atoms with Crippen molar-refractivity contribution in [3.8, 4) is 16.9 Å². The van der Waals surface area contributed by atoms with Crippen molar-refractivity contribution in [2.24, 2.45) is 5.73 Å². The number of hydrogen-bond acceptors (Lipinski definition) is 6. The van der Waals surface area contributed by atoms with Crippen LogP contribution in [0, 0.1) is 0 Å². The van der Waals surface area contributed by atoms with E-state index in [1.54, 1.807) is 36.4 Å². The summed E-state index contributed by atoms with van der Waals surface area (Å²) in [6.45, 7) is 0. The minimum Gasteiger partial charge on any atom is -0.478 e. The fraction of sp³-hybridized carbons (Fsp3) is 0.0417. The first-order valence-electron chi connectivity index (χ1n) is 10.3. The summed E-state index contributed by atoms with van der Waals surface area (Å²) in [5, 5.41) is 15.4. The molecule has 0 saturated heterocycles. The van der Waals surface area contributed by atoms with Gasteiger partial charge in [-0.15, -0.1) is 0 Å². The smallest absolute Gasteiger partial charge is 0.435 e. The molecule has 2 aromatic heterocycles. The molecule has 0 radical (unpaired) electrons. The summed E-state index contributed by atoms with van der Waals surface area (Å²) >= 11 is 0. The third-order valence-corrected chi connectivity index (χ3v) is 4.88. The van der Waals surface area contributed by atoms with Gasteiger partial charge in [0.1, 0.15) is 0 Å². The number of primary amides is 1. The first-order chi connectivity index (χ1) is 17.1. The van der Waals surface area contributed by atoms with Crippen LogP contribution in [0.25, 0.3) is 23.0 Å². The van der Waals surface area contributed by atoms with Crippen molar-refractivity contribution in [2.45, 2.75) is 6.18 Å². The van der Waals surface area contributed by atoms with Crippen molar-refractivity contribution in [3.05, 3.63) is 89.9 Å². The van der Waals surface area contributed by atoms with Crippen molar-refractivity contribution in [3.63, 3.8) is 0 Å². The SMILES string of the molecule is NC(=O)c1cccc(Nc2ncc(-c3cccc(/C=C/C(=O)O)c3)c(-n3ccc(C(F)(F)F)n3)n2)c1. The van der Waals surface area contributed by atoms with Crippen molar-refractivity contribution >= 4 is 29.6 Å². The van der Waals surface area contributed by atoms with Gasteiger partial charge in [-0.25, -0.2) is 14.5 Å². The molecule has 182 valence electrons. The second kappa shape index (κ2) is 9.70. The highest BCUT2D eigenvalue weighted by atomic mass is 19.4. The Bertz CT molecular complexity index is 1480. The van der Waals surface area contributed by atoms with Gasteiger partial charge in [-0.1, -0.05) is 24.3 Å². The number of anilines is 2. The predicted molar refractivity (Wildman–Crippen MR) is 125 cm³/mol. The highest BCUT2D eigenvalue weighted by Crippen LogP contribution is 2.31. The minimum absolute atomic E-state index is 0.0290. The highest BCUT2D eigenvalue weighted by Gasteiger charge is 2.34. The van der Waals surface area contributed by atoms with Crippen molar-refractivity contribution in [1.29, 1.82) is 0 Å². The number of carboxylic acids is 1. The number of carbonyl (C=O) groups is 2. The molecule has 0 atom stereocenters. The number of aliphatic carboxylic acids is 1. The number of nitrogens with one attached hydrogen (secondary N) is 1. The summed E-state index contributed by atoms with van der Waals surface area (Å²) in [5.41, 5.74) is 6.28. The van der Waals surface area contributed by atoms with E-state index in [9.17, 15) is 22.8 Å². The fourth-order valence-electron chi connectivity index (χ4n) is 3.26. The van der Waals surface area contributed by atoms with Crippen LogP contribution >= 0.6 is 0 Å². The van der Waals surface area contributed by atoms with Gasteiger partial charge in [-0.3, -0.25) is 4.79 Å². The highest BCUT2D eigenvalue weighted by molar-refractivity contribution is 5.93. The Morgan fingerprint density at radius 2 is 1.86 bits per heavy atom. The topological polar surface area (TPSA) is 136 Å². The second-order valence-electron chi connectivity index (χ2n) is 7.44. The lowest BCUT2D eigenvalue weighted by Crippen LogP contribution is -2.11. The van der Waals surface area contributed by atoms with Gasteiger partial charge in [0.05, 0.1) is 0 Å². The number of alkyl halides is 3. The first kappa shape index (κ1) is 24.1. The molecule has 2 heterocycles. The predicted octanol–water partition coefficient (Wildman–Crippen LogP) is 4.29. The Kier molecular flexibility index (Phi) is 6.50. The molecule has 12 heteroatoms. The standard InChI is InChI=1S/C24H17F3N6O3/c25-24(26,27)19-9-10-33(32-19)22-18(15-4-1-3-14(11-15)7-8-20(34)35)13-29-23(31-22)30-17-6-2-5-16(12-17)21(28)36/h1-13H,(H2,28,36)(H,34,35)(H,29,30,31)/b8-7+. The van der Waals surface area contributed by atoms with Gasteiger partial charge in [0, 0.05) is 35.3 Å². The molecule has 0 aliphatic carbocycles. The average molecular weight is 494 g/mol. The number of amides is 1. The molecule has 4 aromatic rings. The zero-order valence-electron chi connectivity index (χ0n) is 18.3. The van der Waals surface area contributed by atoms with Gasteiger partial charge < -0.3 is 16.2 Å². The third-order valence-electron chi connectivity index (χ3n) is 4.88. The van der Waals surface area contributed by atoms with E-state index in [2.05, 4.69) is 20.4 Å². The number of carboxylic acid groups (broad SMARTS) is 1. The van der Waals surface area contributed by atoms with Crippen LogP contribution in [0.4, 0.5) is 24.8 Å². The molecule has 0 fully saturated rings. The second-order valence-corrected chi connectivity index (χ2v) is 7.44. The van der Waals surface area contributed by atoms with Crippen molar-refractivity contribution < 1.29 is 27.9 Å². The monoisotopic (exact) mass is 494 g/mol. The number of aromatic nitrogens is 4. The maximum atomic E-state index is 13.2. The maximum Gasteiger partial charge on any atom is 0.435 e. The quantitative estimate of drug-likeness (QED) is 0.326. The lowest BCUT2D eigenvalue weighted by atomic mass is 10.0. The molecule has 9 nitrogen and oxygen atoms in total. The fourth-order valence-corrected chi connectivity index (χ4v) is 3.26. The first-order valence-corrected chi connectivity index (χ1v) is 10.3. The Balaban J connectivity index is 1.80. The van der Waals surface area contributed by atoms with Crippen molar-refractivity contribution in [1.82, 2.24) is 19.7 Å². The normalized spacial score (nSPS) is 11.5. The van der Waals surface area contributed by atoms with Crippen LogP contribution in [0.1, 0.15) is 21.6 Å². The van der Waals surface area contributed by atoms with E-state index in [1.807, 2.05) is 0 Å². The van der Waals surface area contributed by atoms with Crippen LogP contribution in [0.2, 0.25) is 0 Å². The van der Waals surface area contributed by atoms with Gasteiger partial charge in [-0.05, 0) is 47.5 Å². The average Bonchev–Trinajstić information content (AvgIpc) is 3.34. The summed E-state index contributed by atoms with van der Waals surface area (Å²) in [7, 11) is 0. The summed E-state index contributed by atoms with van der Waals surface area (Å²) in [4.78, 5) is 30.9. The van der Waals surface area contributed by atoms with E-state index in [4.69, 9.17) is 10.8 Å². The lowest BCUT2D eigenvalue weighted by molar-refractivity contribution is -0.141. The van der Waals surface area contributed by atoms with Crippen LogP contribution in [-0.4, -0.2) is 36.7 Å². The number of halogens is 3. The van der Waals surface area contributed by atoms with E-state index in [0.29, 0.717) is 22.4 Å². The molecule has 0 spiro atoms. The van der Waals surface area contributed by atoms with Gasteiger partial charge in [0.2, 0.25) is 11.9 Å². The molecule has 0 bridgehead atoms. The molecular weight excluding hydrogens is 477 g/mol. The van der Waals surface area contributed by atoms with Gasteiger partial charge in [0.15, 0.2) is 11.5 Å². The van der Waals surface area contributed by atoms with Gasteiger partial charge >= 0.3 is 12.1 Å². The number of hydrogen-bond donors (Lipinski definition) is 3. The molecule has 4 rings (SSSR count). The largest absolute Gasteiger partial charge is 0.478 e. The summed E-state index contributed by atoms with van der Waals surface area (Å²) in [6.07, 6.45) is 0.213. The van der Waals surface area contributed by atoms with Crippen LogP contribution in [0.15, 0.2) is 73.1 Å². The lowest BCUT2D eigenvalue weighted by Gasteiger charge is -2.12. The maximum absolute atomic E-state index is 13.2. The van der Waals surface area contributed by atoms with Gasteiger partial charge in [-0.2, -0.15) is 23.3 Å². The number of benzene rings is 2. The van der Waals surface area contributed by atoms with Crippen LogP contribution in [0.5, 0.6) is 0 Å². The molecule has 2 aromatic carbocycles. The number of carbonyl (C=O) groups excluding carboxylic acids is 1. The van der Waals surface area contributed by atoms with Crippen LogP contribution < -0.4 is 11.1 Å². The molecule has 4 N–H and O–H groups in total. The summed E-state index contributed by atoms with van der Waals surface area (Å²) in [6, 6.07) is 13.7.